The van der Waals surface area contributed by atoms with E-state index < -0.39 is 0 Å². The summed E-state index contributed by atoms with van der Waals surface area (Å²) in [5, 5.41) is 8.89. The Morgan fingerprint density at radius 2 is 2.29 bits per heavy atom. The van der Waals surface area contributed by atoms with E-state index in [-0.39, 0.29) is 5.92 Å². The molecule has 3 nitrogen and oxygen atoms in total. The first-order valence-electron chi connectivity index (χ1n) is 4.59. The van der Waals surface area contributed by atoms with E-state index >= 15 is 0 Å². The molecular weight excluding hydrogens is 216 g/mol. The molecule has 14 heavy (non-hydrogen) atoms. The van der Waals surface area contributed by atoms with Crippen molar-refractivity contribution in [2.24, 2.45) is 5.92 Å². The number of aromatic nitrogens is 2. The smallest absolute Gasteiger partial charge is 0.174 e. The van der Waals surface area contributed by atoms with Gasteiger partial charge in [-0.25, -0.2) is 0 Å². The maximum atomic E-state index is 11.3. The summed E-state index contributed by atoms with van der Waals surface area (Å²) in [6, 6.07) is 0. The third-order valence-electron chi connectivity index (χ3n) is 1.86. The van der Waals surface area contributed by atoms with Gasteiger partial charge in [0.2, 0.25) is 0 Å². The molecular formula is C9H14N2OS2. The molecule has 0 aliphatic carbocycles. The minimum atomic E-state index is 0.120. The highest BCUT2D eigenvalue weighted by Gasteiger charge is 2.12. The van der Waals surface area contributed by atoms with Crippen LogP contribution < -0.4 is 0 Å². The van der Waals surface area contributed by atoms with E-state index in [1.807, 2.05) is 20.8 Å². The van der Waals surface area contributed by atoms with Crippen molar-refractivity contribution in [2.45, 2.75) is 31.5 Å². The number of rotatable bonds is 5. The third kappa shape index (κ3) is 3.38. The molecule has 1 aromatic heterocycles. The van der Waals surface area contributed by atoms with Crippen LogP contribution in [0, 0.1) is 12.8 Å². The number of nitrogens with zero attached hydrogens (tertiary/aromatic N) is 2. The summed E-state index contributed by atoms with van der Waals surface area (Å²) >= 11 is 3.20. The minimum Gasteiger partial charge on any atom is -0.299 e. The van der Waals surface area contributed by atoms with Crippen LogP contribution in [-0.2, 0) is 4.79 Å². The van der Waals surface area contributed by atoms with E-state index in [4.69, 9.17) is 0 Å². The lowest BCUT2D eigenvalue weighted by Crippen LogP contribution is -2.11. The topological polar surface area (TPSA) is 42.9 Å². The highest BCUT2D eigenvalue weighted by Crippen LogP contribution is 2.24. The third-order valence-corrected chi connectivity index (χ3v) is 4.09. The van der Waals surface area contributed by atoms with Gasteiger partial charge in [-0.15, -0.1) is 10.2 Å². The average Bonchev–Trinajstić information content (AvgIpc) is 2.59. The Balaban J connectivity index is 2.37. The predicted molar refractivity (Wildman–Crippen MR) is 59.8 cm³/mol. The Hall–Kier alpha value is -0.420. The molecule has 0 saturated carbocycles. The Kier molecular flexibility index (Phi) is 4.54. The molecule has 78 valence electrons. The molecule has 1 heterocycles. The SMILES string of the molecule is CCC(=O)C(C)CSc1nnc(C)s1. The molecule has 0 saturated heterocycles. The first kappa shape index (κ1) is 11.7. The number of thioether (sulfide) groups is 1. The van der Waals surface area contributed by atoms with Crippen molar-refractivity contribution >= 4 is 28.9 Å². The molecule has 1 rings (SSSR count). The van der Waals surface area contributed by atoms with E-state index in [2.05, 4.69) is 10.2 Å². The van der Waals surface area contributed by atoms with Crippen LogP contribution >= 0.6 is 23.1 Å². The van der Waals surface area contributed by atoms with Crippen LogP contribution in [0.5, 0.6) is 0 Å². The van der Waals surface area contributed by atoms with Gasteiger partial charge in [0.05, 0.1) is 0 Å². The fourth-order valence-corrected chi connectivity index (χ4v) is 2.87. The van der Waals surface area contributed by atoms with Gasteiger partial charge in [-0.05, 0) is 6.92 Å². The van der Waals surface area contributed by atoms with Crippen LogP contribution in [0.15, 0.2) is 4.34 Å². The zero-order valence-electron chi connectivity index (χ0n) is 8.61. The average molecular weight is 230 g/mol. The van der Waals surface area contributed by atoms with Crippen molar-refractivity contribution in [2.75, 3.05) is 5.75 Å². The molecule has 0 radical (unpaired) electrons. The predicted octanol–water partition coefficient (Wildman–Crippen LogP) is 2.55. The molecule has 1 unspecified atom stereocenters. The van der Waals surface area contributed by atoms with Crippen LogP contribution in [0.1, 0.15) is 25.3 Å². The fourth-order valence-electron chi connectivity index (χ4n) is 0.974. The normalized spacial score (nSPS) is 12.8. The second kappa shape index (κ2) is 5.46. The number of carbonyl (C=O) groups is 1. The highest BCUT2D eigenvalue weighted by molar-refractivity contribution is 8.01. The monoisotopic (exact) mass is 230 g/mol. The fraction of sp³-hybridized carbons (Fsp3) is 0.667. The van der Waals surface area contributed by atoms with E-state index in [0.29, 0.717) is 12.2 Å². The number of ketones is 1. The van der Waals surface area contributed by atoms with Gasteiger partial charge in [-0.2, -0.15) is 0 Å². The van der Waals surface area contributed by atoms with Crippen LogP contribution in [0.25, 0.3) is 0 Å². The van der Waals surface area contributed by atoms with Gasteiger partial charge in [0.1, 0.15) is 10.8 Å². The Morgan fingerprint density at radius 3 is 2.79 bits per heavy atom. The van der Waals surface area contributed by atoms with Crippen LogP contribution in [0.3, 0.4) is 0 Å². The maximum absolute atomic E-state index is 11.3. The number of hydrogen-bond acceptors (Lipinski definition) is 5. The molecule has 0 aliphatic heterocycles. The molecule has 0 amide bonds. The van der Waals surface area contributed by atoms with Gasteiger partial charge in [-0.3, -0.25) is 4.79 Å². The van der Waals surface area contributed by atoms with Gasteiger partial charge in [0.25, 0.3) is 0 Å². The van der Waals surface area contributed by atoms with Gasteiger partial charge in [0, 0.05) is 18.1 Å². The Bertz CT molecular complexity index is 312. The molecule has 0 N–H and O–H groups in total. The number of hydrogen-bond donors (Lipinski definition) is 0. The molecule has 1 aromatic rings. The summed E-state index contributed by atoms with van der Waals surface area (Å²) < 4.78 is 0.957. The summed E-state index contributed by atoms with van der Waals surface area (Å²) in [4.78, 5) is 11.3. The summed E-state index contributed by atoms with van der Waals surface area (Å²) in [5.41, 5.74) is 0. The lowest BCUT2D eigenvalue weighted by atomic mass is 10.1. The van der Waals surface area contributed by atoms with Crippen molar-refractivity contribution in [3.8, 4) is 0 Å². The minimum absolute atomic E-state index is 0.120. The van der Waals surface area contributed by atoms with E-state index in [0.717, 1.165) is 15.1 Å². The van der Waals surface area contributed by atoms with Gasteiger partial charge in [0.15, 0.2) is 4.34 Å². The molecule has 0 bridgehead atoms. The zero-order chi connectivity index (χ0) is 10.6. The summed E-state index contributed by atoms with van der Waals surface area (Å²) in [6.07, 6.45) is 0.622. The van der Waals surface area contributed by atoms with E-state index in [1.54, 1.807) is 23.1 Å². The first-order chi connectivity index (χ1) is 6.63. The summed E-state index contributed by atoms with van der Waals surface area (Å²) in [5.74, 6) is 1.24. The Labute approximate surface area is 92.3 Å². The summed E-state index contributed by atoms with van der Waals surface area (Å²) in [7, 11) is 0. The number of aryl methyl sites for hydroxylation is 1. The second-order valence-corrected chi connectivity index (χ2v) is 5.57. The lowest BCUT2D eigenvalue weighted by Gasteiger charge is -2.05. The highest BCUT2D eigenvalue weighted by atomic mass is 32.2. The Morgan fingerprint density at radius 1 is 1.57 bits per heavy atom. The molecule has 0 spiro atoms. The lowest BCUT2D eigenvalue weighted by molar-refractivity contribution is -0.121. The number of carbonyl (C=O) groups excluding carboxylic acids is 1. The van der Waals surface area contributed by atoms with E-state index in [1.165, 1.54) is 0 Å². The van der Waals surface area contributed by atoms with Crippen molar-refractivity contribution < 1.29 is 4.79 Å². The molecule has 0 aliphatic rings. The van der Waals surface area contributed by atoms with Crippen molar-refractivity contribution in [1.29, 1.82) is 0 Å². The van der Waals surface area contributed by atoms with Gasteiger partial charge in [-0.1, -0.05) is 36.9 Å². The molecule has 5 heteroatoms. The molecule has 0 fully saturated rings. The molecule has 0 aromatic carbocycles. The van der Waals surface area contributed by atoms with Gasteiger partial charge < -0.3 is 0 Å². The van der Waals surface area contributed by atoms with Crippen molar-refractivity contribution in [3.05, 3.63) is 5.01 Å². The second-order valence-electron chi connectivity index (χ2n) is 3.12. The van der Waals surface area contributed by atoms with Gasteiger partial charge >= 0.3 is 0 Å². The van der Waals surface area contributed by atoms with Crippen LogP contribution in [0.2, 0.25) is 0 Å². The van der Waals surface area contributed by atoms with Crippen molar-refractivity contribution in [3.63, 3.8) is 0 Å². The first-order valence-corrected chi connectivity index (χ1v) is 6.39. The maximum Gasteiger partial charge on any atom is 0.174 e. The molecule has 1 atom stereocenters. The number of Topliss-reactive ketones (excluding diaryl/α,β-unsaturated/α-hetero) is 1. The van der Waals surface area contributed by atoms with Crippen LogP contribution in [-0.4, -0.2) is 21.7 Å². The van der Waals surface area contributed by atoms with Crippen LogP contribution in [0.4, 0.5) is 0 Å². The van der Waals surface area contributed by atoms with E-state index in [9.17, 15) is 4.79 Å². The summed E-state index contributed by atoms with van der Waals surface area (Å²) in [6.45, 7) is 5.80. The zero-order valence-corrected chi connectivity index (χ0v) is 10.2. The quantitative estimate of drug-likeness (QED) is 0.729. The standard InChI is InChI=1S/C9H14N2OS2/c1-4-8(12)6(2)5-13-9-11-10-7(3)14-9/h6H,4-5H2,1-3H3. The van der Waals surface area contributed by atoms with Crippen molar-refractivity contribution in [1.82, 2.24) is 10.2 Å². The largest absolute Gasteiger partial charge is 0.299 e.